The van der Waals surface area contributed by atoms with E-state index in [0.717, 1.165) is 18.2 Å². The van der Waals surface area contributed by atoms with Crippen molar-refractivity contribution in [3.63, 3.8) is 0 Å². The second-order valence-electron chi connectivity index (χ2n) is 8.92. The van der Waals surface area contributed by atoms with Gasteiger partial charge in [-0.2, -0.15) is 26.3 Å². The van der Waals surface area contributed by atoms with Crippen molar-refractivity contribution in [3.05, 3.63) is 100 Å². The zero-order valence-electron chi connectivity index (χ0n) is 20.0. The third kappa shape index (κ3) is 4.33. The van der Waals surface area contributed by atoms with E-state index in [9.17, 15) is 17.6 Å². The Morgan fingerprint density at radius 3 is 2.03 bits per heavy atom. The lowest BCUT2D eigenvalue weighted by Gasteiger charge is -2.36. The van der Waals surface area contributed by atoms with Crippen LogP contribution in [0.5, 0.6) is 5.75 Å². The Morgan fingerprint density at radius 1 is 0.842 bits per heavy atom. The third-order valence-electron chi connectivity index (χ3n) is 6.38. The molecule has 1 aliphatic rings. The van der Waals surface area contributed by atoms with Crippen LogP contribution in [0.4, 0.5) is 39.5 Å². The summed E-state index contributed by atoms with van der Waals surface area (Å²) in [5.74, 6) is -17.2. The smallest absolute Gasteiger partial charge is 0.426 e. The van der Waals surface area contributed by atoms with E-state index < -0.39 is 69.0 Å². The first-order chi connectivity index (χ1) is 17.8. The normalized spacial score (nSPS) is 15.5. The standard InChI is InChI=1S/C28H21F9O/c1-3-5-7-15-8-12-19(20(29)14-15)28(36,37)38-21-13-11-18-17-10-9-16(6-4-2)24(30)22(17)26(32,33)27(34,35)23(18)25(21)31/h3,8-14H,1,4-7H2,2H3. The van der Waals surface area contributed by atoms with E-state index in [-0.39, 0.29) is 12.0 Å². The molecule has 0 atom stereocenters. The fraction of sp³-hybridized carbons (Fsp3) is 0.286. The average Bonchev–Trinajstić information content (AvgIpc) is 2.83. The number of benzene rings is 3. The molecule has 4 rings (SSSR count). The summed E-state index contributed by atoms with van der Waals surface area (Å²) in [7, 11) is 0. The number of fused-ring (bicyclic) bond motifs is 3. The number of hydrogen-bond acceptors (Lipinski definition) is 1. The van der Waals surface area contributed by atoms with Crippen LogP contribution in [0.15, 0.2) is 55.1 Å². The van der Waals surface area contributed by atoms with E-state index >= 15 is 22.0 Å². The molecule has 0 bridgehead atoms. The van der Waals surface area contributed by atoms with Crippen LogP contribution in [0.25, 0.3) is 11.1 Å². The first-order valence-electron chi connectivity index (χ1n) is 11.6. The average molecular weight is 544 g/mol. The van der Waals surface area contributed by atoms with E-state index in [1.54, 1.807) is 13.0 Å². The van der Waals surface area contributed by atoms with Crippen LogP contribution in [0, 0.1) is 17.5 Å². The molecule has 0 saturated heterocycles. The lowest BCUT2D eigenvalue weighted by molar-refractivity contribution is -0.228. The summed E-state index contributed by atoms with van der Waals surface area (Å²) in [5.41, 5.74) is -6.20. The zero-order valence-corrected chi connectivity index (χ0v) is 20.0. The molecule has 0 heterocycles. The first kappa shape index (κ1) is 27.6. The van der Waals surface area contributed by atoms with E-state index in [0.29, 0.717) is 43.0 Å². The molecule has 0 radical (unpaired) electrons. The lowest BCUT2D eigenvalue weighted by atomic mass is 9.79. The Labute approximate surface area is 212 Å². The van der Waals surface area contributed by atoms with Crippen molar-refractivity contribution in [2.45, 2.75) is 50.6 Å². The molecule has 3 aromatic rings. The second-order valence-corrected chi connectivity index (χ2v) is 8.92. The van der Waals surface area contributed by atoms with Gasteiger partial charge in [-0.15, -0.1) is 6.58 Å². The van der Waals surface area contributed by atoms with Crippen molar-refractivity contribution < 1.29 is 44.3 Å². The summed E-state index contributed by atoms with van der Waals surface area (Å²) in [6.45, 7) is 5.14. The number of ether oxygens (including phenoxy) is 1. The van der Waals surface area contributed by atoms with Crippen molar-refractivity contribution in [2.24, 2.45) is 0 Å². The van der Waals surface area contributed by atoms with Crippen LogP contribution < -0.4 is 4.74 Å². The minimum atomic E-state index is -5.32. The van der Waals surface area contributed by atoms with Gasteiger partial charge >= 0.3 is 18.0 Å². The highest BCUT2D eigenvalue weighted by molar-refractivity contribution is 5.77. The molecule has 1 aliphatic carbocycles. The number of hydrogen-bond donors (Lipinski definition) is 0. The van der Waals surface area contributed by atoms with Crippen LogP contribution in [0.3, 0.4) is 0 Å². The van der Waals surface area contributed by atoms with Gasteiger partial charge in [0.25, 0.3) is 0 Å². The Bertz CT molecular complexity index is 1400. The van der Waals surface area contributed by atoms with Gasteiger partial charge in [0, 0.05) is 0 Å². The third-order valence-corrected chi connectivity index (χ3v) is 6.38. The van der Waals surface area contributed by atoms with E-state index in [2.05, 4.69) is 11.3 Å². The largest absolute Gasteiger partial charge is 0.429 e. The van der Waals surface area contributed by atoms with Gasteiger partial charge in [0.2, 0.25) is 0 Å². The van der Waals surface area contributed by atoms with Gasteiger partial charge in [-0.1, -0.05) is 37.6 Å². The number of aryl methyl sites for hydroxylation is 2. The monoisotopic (exact) mass is 544 g/mol. The predicted octanol–water partition coefficient (Wildman–Crippen LogP) is 9.17. The highest BCUT2D eigenvalue weighted by Crippen LogP contribution is 2.60. The molecule has 0 saturated carbocycles. The molecule has 10 heteroatoms. The fourth-order valence-corrected chi connectivity index (χ4v) is 4.51. The maximum atomic E-state index is 15.3. The highest BCUT2D eigenvalue weighted by atomic mass is 19.3. The summed E-state index contributed by atoms with van der Waals surface area (Å²) in [6, 6.07) is 5.96. The molecule has 3 aromatic carbocycles. The Hall–Kier alpha value is -3.43. The van der Waals surface area contributed by atoms with Gasteiger partial charge in [0.05, 0.1) is 16.7 Å². The first-order valence-corrected chi connectivity index (χ1v) is 11.6. The SMILES string of the molecule is C=CCCc1ccc(C(F)(F)Oc2ccc3c(c2F)C(F)(F)C(F)(F)c2c-3ccc(CCC)c2F)c(F)c1. The maximum Gasteiger partial charge on any atom is 0.429 e. The van der Waals surface area contributed by atoms with Crippen LogP contribution in [-0.2, 0) is 30.8 Å². The topological polar surface area (TPSA) is 9.23 Å². The molecular weight excluding hydrogens is 523 g/mol. The lowest BCUT2D eigenvalue weighted by Crippen LogP contribution is -2.41. The molecule has 0 aliphatic heterocycles. The van der Waals surface area contributed by atoms with E-state index in [1.165, 1.54) is 6.07 Å². The van der Waals surface area contributed by atoms with Crippen LogP contribution in [0.1, 0.15) is 47.6 Å². The second kappa shape index (κ2) is 9.71. The van der Waals surface area contributed by atoms with Gasteiger partial charge in [-0.25, -0.2) is 13.2 Å². The van der Waals surface area contributed by atoms with Crippen molar-refractivity contribution in [1.82, 2.24) is 0 Å². The molecule has 0 spiro atoms. The van der Waals surface area contributed by atoms with Gasteiger partial charge in [0.1, 0.15) is 11.6 Å². The van der Waals surface area contributed by atoms with Crippen LogP contribution in [-0.4, -0.2) is 0 Å². The highest BCUT2D eigenvalue weighted by Gasteiger charge is 2.65. The maximum absolute atomic E-state index is 15.3. The van der Waals surface area contributed by atoms with Gasteiger partial charge in [-0.3, -0.25) is 0 Å². The number of halogens is 9. The molecule has 0 fully saturated rings. The molecule has 0 unspecified atom stereocenters. The summed E-state index contributed by atoms with van der Waals surface area (Å²) in [6.07, 6.45) is -1.93. The summed E-state index contributed by atoms with van der Waals surface area (Å²) >= 11 is 0. The minimum absolute atomic E-state index is 0.00433. The molecule has 0 aromatic heterocycles. The summed E-state index contributed by atoms with van der Waals surface area (Å²) < 4.78 is 139. The van der Waals surface area contributed by atoms with Gasteiger partial charge in [0.15, 0.2) is 11.6 Å². The zero-order chi connectivity index (χ0) is 28.0. The minimum Gasteiger partial charge on any atom is -0.426 e. The Kier molecular flexibility index (Phi) is 7.05. The molecule has 38 heavy (non-hydrogen) atoms. The van der Waals surface area contributed by atoms with Crippen LogP contribution >= 0.6 is 0 Å². The van der Waals surface area contributed by atoms with Crippen molar-refractivity contribution in [1.29, 1.82) is 0 Å². The van der Waals surface area contributed by atoms with E-state index in [4.69, 9.17) is 0 Å². The number of allylic oxidation sites excluding steroid dienone is 1. The summed E-state index contributed by atoms with van der Waals surface area (Å²) in [4.78, 5) is 0. The Balaban J connectivity index is 1.80. The van der Waals surface area contributed by atoms with Crippen LogP contribution in [0.2, 0.25) is 0 Å². The van der Waals surface area contributed by atoms with Crippen molar-refractivity contribution >= 4 is 0 Å². The van der Waals surface area contributed by atoms with Crippen molar-refractivity contribution in [3.8, 4) is 16.9 Å². The molecule has 1 nitrogen and oxygen atoms in total. The van der Waals surface area contributed by atoms with Crippen molar-refractivity contribution in [2.75, 3.05) is 0 Å². The number of alkyl halides is 6. The molecule has 0 amide bonds. The van der Waals surface area contributed by atoms with Gasteiger partial charge < -0.3 is 4.74 Å². The van der Waals surface area contributed by atoms with Gasteiger partial charge in [-0.05, 0) is 65.8 Å². The molecular formula is C28H21F9O. The molecule has 202 valence electrons. The number of rotatable bonds is 8. The molecule has 0 N–H and O–H groups in total. The summed E-state index contributed by atoms with van der Waals surface area (Å²) in [5, 5.41) is 0. The quantitative estimate of drug-likeness (QED) is 0.203. The fourth-order valence-electron chi connectivity index (χ4n) is 4.51. The predicted molar refractivity (Wildman–Crippen MR) is 123 cm³/mol. The Morgan fingerprint density at radius 2 is 1.45 bits per heavy atom. The van der Waals surface area contributed by atoms with E-state index in [1.807, 2.05) is 0 Å².